The van der Waals surface area contributed by atoms with Crippen molar-refractivity contribution in [3.05, 3.63) is 66.0 Å². The molecule has 0 unspecified atom stereocenters. The molecule has 5 heteroatoms. The topological polar surface area (TPSA) is 50.4 Å². The lowest BCUT2D eigenvalue weighted by Gasteiger charge is -2.22. The first-order valence-electron chi connectivity index (χ1n) is 9.07. The summed E-state index contributed by atoms with van der Waals surface area (Å²) in [5, 5.41) is 6.21. The van der Waals surface area contributed by atoms with Crippen LogP contribution in [0.1, 0.15) is 38.3 Å². The average molecular weight is 358 g/mol. The van der Waals surface area contributed by atoms with Crippen molar-refractivity contribution in [3.8, 4) is 5.75 Å². The molecule has 2 aromatic carbocycles. The Morgan fingerprint density at radius 2 is 1.81 bits per heavy atom. The van der Waals surface area contributed by atoms with Gasteiger partial charge in [-0.25, -0.2) is 4.39 Å². The van der Waals surface area contributed by atoms with E-state index < -0.39 is 0 Å². The Labute approximate surface area is 154 Å². The summed E-state index contributed by atoms with van der Waals surface area (Å²) < 4.78 is 18.9. The van der Waals surface area contributed by atoms with Crippen LogP contribution in [-0.4, -0.2) is 25.1 Å². The van der Waals surface area contributed by atoms with Gasteiger partial charge in [0.25, 0.3) is 0 Å². The van der Waals surface area contributed by atoms with Crippen molar-refractivity contribution in [2.24, 2.45) is 0 Å². The van der Waals surface area contributed by atoms with Crippen molar-refractivity contribution in [1.82, 2.24) is 10.6 Å². The summed E-state index contributed by atoms with van der Waals surface area (Å²) in [6.07, 6.45) is 1.87. The Kier molecular flexibility index (Phi) is 8.09. The molecule has 4 nitrogen and oxygen atoms in total. The zero-order valence-corrected chi connectivity index (χ0v) is 15.4. The standard InChI is InChI=1S/C21H27FN2O2/c1-3-9-19(17-10-5-4-6-11-17)24-21(25)16(2)23-14-15-26-20-13-8-7-12-18(20)22/h4-8,10-13,16,19,23H,3,9,14-15H2,1-2H3,(H,24,25)/t16-,19-/m0/s1. The van der Waals surface area contributed by atoms with E-state index >= 15 is 0 Å². The van der Waals surface area contributed by atoms with Crippen molar-refractivity contribution < 1.29 is 13.9 Å². The Morgan fingerprint density at radius 1 is 1.12 bits per heavy atom. The maximum Gasteiger partial charge on any atom is 0.237 e. The van der Waals surface area contributed by atoms with E-state index in [1.54, 1.807) is 18.2 Å². The van der Waals surface area contributed by atoms with Crippen LogP contribution in [0.3, 0.4) is 0 Å². The van der Waals surface area contributed by atoms with Crippen molar-refractivity contribution >= 4 is 5.91 Å². The first-order valence-corrected chi connectivity index (χ1v) is 9.07. The lowest BCUT2D eigenvalue weighted by molar-refractivity contribution is -0.123. The molecule has 0 fully saturated rings. The van der Waals surface area contributed by atoms with Crippen LogP contribution in [0, 0.1) is 5.82 Å². The van der Waals surface area contributed by atoms with E-state index in [4.69, 9.17) is 4.74 Å². The molecule has 1 amide bonds. The number of para-hydroxylation sites is 1. The van der Waals surface area contributed by atoms with Crippen LogP contribution >= 0.6 is 0 Å². The second-order valence-corrected chi connectivity index (χ2v) is 6.22. The fraction of sp³-hybridized carbons (Fsp3) is 0.381. The molecular weight excluding hydrogens is 331 g/mol. The molecule has 0 aliphatic carbocycles. The number of carbonyl (C=O) groups is 1. The number of rotatable bonds is 10. The molecule has 0 aliphatic heterocycles. The summed E-state index contributed by atoms with van der Waals surface area (Å²) >= 11 is 0. The molecule has 0 aromatic heterocycles. The fourth-order valence-electron chi connectivity index (χ4n) is 2.68. The minimum Gasteiger partial charge on any atom is -0.489 e. The predicted octanol–water partition coefficient (Wildman–Crippen LogP) is 3.84. The van der Waals surface area contributed by atoms with Crippen LogP contribution in [0.15, 0.2) is 54.6 Å². The third-order valence-corrected chi connectivity index (χ3v) is 4.14. The SMILES string of the molecule is CCC[C@H](NC(=O)[C@H](C)NCCOc1ccccc1F)c1ccccc1. The molecule has 0 heterocycles. The van der Waals surface area contributed by atoms with Gasteiger partial charge < -0.3 is 15.4 Å². The van der Waals surface area contributed by atoms with E-state index in [-0.39, 0.29) is 36.2 Å². The number of amides is 1. The van der Waals surface area contributed by atoms with Gasteiger partial charge in [0.2, 0.25) is 5.91 Å². The van der Waals surface area contributed by atoms with E-state index in [1.165, 1.54) is 6.07 Å². The number of hydrogen-bond acceptors (Lipinski definition) is 3. The molecule has 140 valence electrons. The summed E-state index contributed by atoms with van der Waals surface area (Å²) in [7, 11) is 0. The van der Waals surface area contributed by atoms with Gasteiger partial charge in [-0.1, -0.05) is 55.8 Å². The summed E-state index contributed by atoms with van der Waals surface area (Å²) in [5.41, 5.74) is 1.11. The molecule has 0 radical (unpaired) electrons. The monoisotopic (exact) mass is 358 g/mol. The number of benzene rings is 2. The highest BCUT2D eigenvalue weighted by Crippen LogP contribution is 2.18. The normalized spacial score (nSPS) is 13.0. The van der Waals surface area contributed by atoms with Crippen molar-refractivity contribution in [2.75, 3.05) is 13.2 Å². The summed E-state index contributed by atoms with van der Waals surface area (Å²) in [5.74, 6) is -0.222. The first kappa shape index (κ1) is 19.9. The predicted molar refractivity (Wildman–Crippen MR) is 102 cm³/mol. The van der Waals surface area contributed by atoms with E-state index in [0.717, 1.165) is 18.4 Å². The largest absolute Gasteiger partial charge is 0.489 e. The van der Waals surface area contributed by atoms with Crippen molar-refractivity contribution in [3.63, 3.8) is 0 Å². The molecule has 2 atom stereocenters. The minimum atomic E-state index is -0.386. The second-order valence-electron chi connectivity index (χ2n) is 6.22. The van der Waals surface area contributed by atoms with E-state index in [9.17, 15) is 9.18 Å². The molecular formula is C21H27FN2O2. The van der Waals surface area contributed by atoms with Gasteiger partial charge >= 0.3 is 0 Å². The average Bonchev–Trinajstić information content (AvgIpc) is 2.66. The van der Waals surface area contributed by atoms with Gasteiger partial charge in [0.05, 0.1) is 12.1 Å². The Morgan fingerprint density at radius 3 is 2.50 bits per heavy atom. The van der Waals surface area contributed by atoms with Gasteiger partial charge in [-0.15, -0.1) is 0 Å². The maximum absolute atomic E-state index is 13.5. The van der Waals surface area contributed by atoms with Crippen LogP contribution in [0.5, 0.6) is 5.75 Å². The molecule has 2 aromatic rings. The quantitative estimate of drug-likeness (QED) is 0.635. The fourth-order valence-corrected chi connectivity index (χ4v) is 2.68. The molecule has 0 saturated carbocycles. The molecule has 0 bridgehead atoms. The maximum atomic E-state index is 13.5. The zero-order chi connectivity index (χ0) is 18.8. The second kappa shape index (κ2) is 10.6. The summed E-state index contributed by atoms with van der Waals surface area (Å²) in [6, 6.07) is 15.9. The van der Waals surface area contributed by atoms with Gasteiger partial charge in [0, 0.05) is 6.54 Å². The summed E-state index contributed by atoms with van der Waals surface area (Å²) in [4.78, 5) is 12.4. The molecule has 0 saturated heterocycles. The van der Waals surface area contributed by atoms with Crippen LogP contribution < -0.4 is 15.4 Å². The Balaban J connectivity index is 1.78. The number of ether oxygens (including phenoxy) is 1. The smallest absolute Gasteiger partial charge is 0.237 e. The van der Waals surface area contributed by atoms with Crippen molar-refractivity contribution in [1.29, 1.82) is 0 Å². The van der Waals surface area contributed by atoms with Crippen LogP contribution in [-0.2, 0) is 4.79 Å². The molecule has 26 heavy (non-hydrogen) atoms. The number of carbonyl (C=O) groups excluding carboxylic acids is 1. The Hall–Kier alpha value is -2.40. The lowest BCUT2D eigenvalue weighted by Crippen LogP contribution is -2.44. The van der Waals surface area contributed by atoms with Gasteiger partial charge in [-0.05, 0) is 31.0 Å². The Bertz CT molecular complexity index is 679. The molecule has 2 rings (SSSR count). The zero-order valence-electron chi connectivity index (χ0n) is 15.4. The molecule has 0 aliphatic rings. The first-order chi connectivity index (χ1) is 12.6. The number of nitrogens with one attached hydrogen (secondary N) is 2. The third-order valence-electron chi connectivity index (χ3n) is 4.14. The minimum absolute atomic E-state index is 0.00705. The van der Waals surface area contributed by atoms with E-state index in [0.29, 0.717) is 6.54 Å². The van der Waals surface area contributed by atoms with Crippen LogP contribution in [0.2, 0.25) is 0 Å². The summed E-state index contributed by atoms with van der Waals surface area (Å²) in [6.45, 7) is 4.65. The highest BCUT2D eigenvalue weighted by atomic mass is 19.1. The highest BCUT2D eigenvalue weighted by Gasteiger charge is 2.18. The van der Waals surface area contributed by atoms with Crippen LogP contribution in [0.25, 0.3) is 0 Å². The highest BCUT2D eigenvalue weighted by molar-refractivity contribution is 5.81. The van der Waals surface area contributed by atoms with E-state index in [2.05, 4.69) is 17.6 Å². The number of halogens is 1. The van der Waals surface area contributed by atoms with Gasteiger partial charge in [0.1, 0.15) is 6.61 Å². The number of hydrogen-bond donors (Lipinski definition) is 2. The molecule has 2 N–H and O–H groups in total. The van der Waals surface area contributed by atoms with Crippen LogP contribution in [0.4, 0.5) is 4.39 Å². The van der Waals surface area contributed by atoms with Crippen molar-refractivity contribution in [2.45, 2.75) is 38.8 Å². The van der Waals surface area contributed by atoms with Gasteiger partial charge in [-0.2, -0.15) is 0 Å². The molecule has 0 spiro atoms. The third kappa shape index (κ3) is 6.15. The lowest BCUT2D eigenvalue weighted by atomic mass is 10.0. The van der Waals surface area contributed by atoms with Gasteiger partial charge in [-0.3, -0.25) is 4.79 Å². The van der Waals surface area contributed by atoms with E-state index in [1.807, 2.05) is 37.3 Å². The van der Waals surface area contributed by atoms with Gasteiger partial charge in [0.15, 0.2) is 11.6 Å².